The number of aliphatic carboxylic acids is 1. The second-order valence-electron chi connectivity index (χ2n) is 3.44. The van der Waals surface area contributed by atoms with E-state index in [9.17, 15) is 4.79 Å². The van der Waals surface area contributed by atoms with Crippen LogP contribution >= 0.6 is 23.4 Å². The van der Waals surface area contributed by atoms with E-state index >= 15 is 0 Å². The molecule has 94 valence electrons. The van der Waals surface area contributed by atoms with E-state index in [2.05, 4.69) is 0 Å². The zero-order valence-electron chi connectivity index (χ0n) is 9.57. The number of ether oxygens (including phenoxy) is 1. The third kappa shape index (κ3) is 3.52. The molecule has 1 rings (SSSR count). The first-order valence-electron chi connectivity index (χ1n) is 4.88. The predicted molar refractivity (Wildman–Crippen MR) is 69.0 cm³/mol. The lowest BCUT2D eigenvalue weighted by molar-refractivity contribution is -0.137. The van der Waals surface area contributed by atoms with Crippen LogP contribution < -0.4 is 10.5 Å². The first-order valence-corrected chi connectivity index (χ1v) is 6.48. The minimum Gasteiger partial charge on any atom is -0.494 e. The molecule has 3 N–H and O–H groups in total. The van der Waals surface area contributed by atoms with Crippen LogP contribution in [0.2, 0.25) is 5.02 Å². The molecule has 4 nitrogen and oxygen atoms in total. The summed E-state index contributed by atoms with van der Waals surface area (Å²) >= 11 is 7.52. The summed E-state index contributed by atoms with van der Waals surface area (Å²) in [6, 6.07) is 2.89. The van der Waals surface area contributed by atoms with Gasteiger partial charge in [-0.15, -0.1) is 11.8 Å². The Morgan fingerprint density at radius 1 is 1.65 bits per heavy atom. The molecule has 1 unspecified atom stereocenters. The molecule has 0 fully saturated rings. The molecule has 0 aliphatic carbocycles. The summed E-state index contributed by atoms with van der Waals surface area (Å²) in [7, 11) is 1.54. The van der Waals surface area contributed by atoms with E-state index in [0.717, 1.165) is 4.90 Å². The summed E-state index contributed by atoms with van der Waals surface area (Å²) in [5.41, 5.74) is 6.49. The molecule has 6 heteroatoms. The molecule has 0 bridgehead atoms. The van der Waals surface area contributed by atoms with Gasteiger partial charge in [-0.1, -0.05) is 11.6 Å². The number of hydrogen-bond donors (Lipinski definition) is 2. The van der Waals surface area contributed by atoms with E-state index < -0.39 is 12.0 Å². The van der Waals surface area contributed by atoms with Gasteiger partial charge in [0.15, 0.2) is 5.75 Å². The van der Waals surface area contributed by atoms with Crippen LogP contribution in [-0.4, -0.2) is 24.4 Å². The van der Waals surface area contributed by atoms with Crippen molar-refractivity contribution in [3.05, 3.63) is 22.7 Å². The molecular formula is C11H14ClNO3S. The standard InChI is InChI=1S/C11H14ClNO3S/c1-16-11-7(12)3-6(4-9(11)17-2)8(13)5-10(14)15/h3-4,8H,5,13H2,1-2H3,(H,14,15). The van der Waals surface area contributed by atoms with E-state index in [-0.39, 0.29) is 6.42 Å². The zero-order chi connectivity index (χ0) is 13.0. The Kier molecular flexibility index (Phi) is 5.11. The van der Waals surface area contributed by atoms with Crippen molar-refractivity contribution < 1.29 is 14.6 Å². The third-order valence-corrected chi connectivity index (χ3v) is 3.30. The van der Waals surface area contributed by atoms with Gasteiger partial charge in [-0.3, -0.25) is 4.79 Å². The van der Waals surface area contributed by atoms with Gasteiger partial charge in [0, 0.05) is 6.04 Å². The van der Waals surface area contributed by atoms with Gasteiger partial charge in [0.1, 0.15) is 0 Å². The van der Waals surface area contributed by atoms with Crippen molar-refractivity contribution in [1.29, 1.82) is 0 Å². The van der Waals surface area contributed by atoms with Crippen molar-refractivity contribution in [3.8, 4) is 5.75 Å². The number of rotatable bonds is 5. The van der Waals surface area contributed by atoms with E-state index in [1.54, 1.807) is 6.07 Å². The second kappa shape index (κ2) is 6.14. The number of thioether (sulfide) groups is 1. The first kappa shape index (κ1) is 14.2. The lowest BCUT2D eigenvalue weighted by Gasteiger charge is -2.14. The fourth-order valence-electron chi connectivity index (χ4n) is 1.46. The Hall–Kier alpha value is -0.910. The molecule has 1 aromatic rings. The van der Waals surface area contributed by atoms with E-state index in [4.69, 9.17) is 27.2 Å². The maximum atomic E-state index is 10.6. The van der Waals surface area contributed by atoms with Gasteiger partial charge >= 0.3 is 5.97 Å². The normalized spacial score (nSPS) is 12.2. The quantitative estimate of drug-likeness (QED) is 0.808. The van der Waals surface area contributed by atoms with Crippen LogP contribution in [0.5, 0.6) is 5.75 Å². The summed E-state index contributed by atoms with van der Waals surface area (Å²) in [6.45, 7) is 0. The Balaban J connectivity index is 3.10. The molecule has 0 heterocycles. The number of carboxylic acid groups (broad SMARTS) is 1. The summed E-state index contributed by atoms with van der Waals surface area (Å²) in [6.07, 6.45) is 1.76. The number of nitrogens with two attached hydrogens (primary N) is 1. The Labute approximate surface area is 109 Å². The fraction of sp³-hybridized carbons (Fsp3) is 0.364. The second-order valence-corrected chi connectivity index (χ2v) is 4.70. The third-order valence-electron chi connectivity index (χ3n) is 2.28. The van der Waals surface area contributed by atoms with Gasteiger partial charge in [0.25, 0.3) is 0 Å². The van der Waals surface area contributed by atoms with Gasteiger partial charge < -0.3 is 15.6 Å². The number of hydrogen-bond acceptors (Lipinski definition) is 4. The van der Waals surface area contributed by atoms with Crippen LogP contribution in [0.3, 0.4) is 0 Å². The van der Waals surface area contributed by atoms with Crippen LogP contribution in [0.1, 0.15) is 18.0 Å². The van der Waals surface area contributed by atoms with Gasteiger partial charge in [-0.25, -0.2) is 0 Å². The molecule has 0 amide bonds. The summed E-state index contributed by atoms with van der Waals surface area (Å²) in [4.78, 5) is 11.4. The van der Waals surface area contributed by atoms with E-state index in [1.807, 2.05) is 12.3 Å². The number of benzene rings is 1. The summed E-state index contributed by atoms with van der Waals surface area (Å²) < 4.78 is 5.17. The fourth-order valence-corrected chi connectivity index (χ4v) is 2.45. The highest BCUT2D eigenvalue weighted by atomic mass is 35.5. The van der Waals surface area contributed by atoms with Crippen molar-refractivity contribution in [1.82, 2.24) is 0 Å². The molecule has 1 atom stereocenters. The topological polar surface area (TPSA) is 72.5 Å². The van der Waals surface area contributed by atoms with Crippen LogP contribution in [0.25, 0.3) is 0 Å². The molecule has 0 radical (unpaired) electrons. The Morgan fingerprint density at radius 3 is 2.76 bits per heavy atom. The highest BCUT2D eigenvalue weighted by Gasteiger charge is 2.15. The molecule has 1 aromatic carbocycles. The SMILES string of the molecule is COc1c(Cl)cc(C(N)CC(=O)O)cc1SC. The lowest BCUT2D eigenvalue weighted by Crippen LogP contribution is -2.15. The van der Waals surface area contributed by atoms with Gasteiger partial charge in [0.05, 0.1) is 23.4 Å². The molecule has 0 aromatic heterocycles. The maximum Gasteiger partial charge on any atom is 0.305 e. The zero-order valence-corrected chi connectivity index (χ0v) is 11.1. The van der Waals surface area contributed by atoms with Gasteiger partial charge in [-0.05, 0) is 24.0 Å². The Morgan fingerprint density at radius 2 is 2.29 bits per heavy atom. The number of carboxylic acids is 1. The monoisotopic (exact) mass is 275 g/mol. The lowest BCUT2D eigenvalue weighted by atomic mass is 10.0. The predicted octanol–water partition coefficient (Wildman–Crippen LogP) is 2.54. The highest BCUT2D eigenvalue weighted by Crippen LogP contribution is 2.37. The van der Waals surface area contributed by atoms with Crippen LogP contribution in [0.4, 0.5) is 0 Å². The van der Waals surface area contributed by atoms with E-state index in [0.29, 0.717) is 16.3 Å². The molecule has 0 aliphatic heterocycles. The minimum absolute atomic E-state index is 0.128. The average molecular weight is 276 g/mol. The van der Waals surface area contributed by atoms with Gasteiger partial charge in [-0.2, -0.15) is 0 Å². The minimum atomic E-state index is -0.935. The largest absolute Gasteiger partial charge is 0.494 e. The van der Waals surface area contributed by atoms with Crippen LogP contribution in [0, 0.1) is 0 Å². The van der Waals surface area contributed by atoms with Gasteiger partial charge in [0.2, 0.25) is 0 Å². The number of methoxy groups -OCH3 is 1. The van der Waals surface area contributed by atoms with Crippen LogP contribution in [-0.2, 0) is 4.79 Å². The van der Waals surface area contributed by atoms with Crippen molar-refractivity contribution in [2.24, 2.45) is 5.73 Å². The smallest absolute Gasteiger partial charge is 0.305 e. The molecule has 0 spiro atoms. The molecule has 0 aliphatic rings. The van der Waals surface area contributed by atoms with Crippen LogP contribution in [0.15, 0.2) is 17.0 Å². The maximum absolute atomic E-state index is 10.6. The molecule has 0 saturated carbocycles. The van der Waals surface area contributed by atoms with Crippen molar-refractivity contribution in [2.75, 3.05) is 13.4 Å². The highest BCUT2D eigenvalue weighted by molar-refractivity contribution is 7.98. The summed E-state index contributed by atoms with van der Waals surface area (Å²) in [5.74, 6) is -0.347. The summed E-state index contributed by atoms with van der Waals surface area (Å²) in [5, 5.41) is 9.14. The molecular weight excluding hydrogens is 262 g/mol. The van der Waals surface area contributed by atoms with Crippen molar-refractivity contribution >= 4 is 29.3 Å². The Bertz CT molecular complexity index is 425. The van der Waals surface area contributed by atoms with Crippen molar-refractivity contribution in [3.63, 3.8) is 0 Å². The number of halogens is 1. The molecule has 17 heavy (non-hydrogen) atoms. The van der Waals surface area contributed by atoms with E-state index in [1.165, 1.54) is 18.9 Å². The molecule has 0 saturated heterocycles. The average Bonchev–Trinajstić information content (AvgIpc) is 2.26. The first-order chi connectivity index (χ1) is 7.99. The van der Waals surface area contributed by atoms with Crippen molar-refractivity contribution in [2.45, 2.75) is 17.4 Å². The number of carbonyl (C=O) groups is 1.